The fourth-order valence-electron chi connectivity index (χ4n) is 1.47. The Hall–Kier alpha value is -0.320. The number of rotatable bonds is 1. The molecule has 0 saturated carbocycles. The molecule has 2 rings (SSSR count). The van der Waals surface area contributed by atoms with Gasteiger partial charge in [-0.25, -0.2) is 4.98 Å². The predicted octanol–water partition coefficient (Wildman–Crippen LogP) is 2.89. The fraction of sp³-hybridized carbons (Fsp3) is 0.333. The molecule has 1 aromatic heterocycles. The van der Waals surface area contributed by atoms with E-state index in [-0.39, 0.29) is 15.9 Å². The number of nitrogens with zero attached hydrogens (tertiary/aromatic N) is 2. The summed E-state index contributed by atoms with van der Waals surface area (Å²) in [6.45, 7) is 0.637. The molecular weight excluding hydrogens is 303 g/mol. The monoisotopic (exact) mass is 308 g/mol. The Bertz CT molecular complexity index is 413. The van der Waals surface area contributed by atoms with Crippen LogP contribution in [0.15, 0.2) is 12.3 Å². The predicted molar refractivity (Wildman–Crippen MR) is 63.9 cm³/mol. The summed E-state index contributed by atoms with van der Waals surface area (Å²) in [6.07, 6.45) is 2.05. The summed E-state index contributed by atoms with van der Waals surface area (Å²) in [6, 6.07) is 1.65. The summed E-state index contributed by atoms with van der Waals surface area (Å²) >= 11 is 14.9. The lowest BCUT2D eigenvalue weighted by molar-refractivity contribution is -0.117. The molecule has 15 heavy (non-hydrogen) atoms. The first-order valence-electron chi connectivity index (χ1n) is 4.33. The van der Waals surface area contributed by atoms with Gasteiger partial charge < -0.3 is 4.90 Å². The van der Waals surface area contributed by atoms with E-state index in [1.165, 1.54) is 0 Å². The van der Waals surface area contributed by atoms with E-state index in [4.69, 9.17) is 23.2 Å². The zero-order valence-corrected chi connectivity index (χ0v) is 10.7. The van der Waals surface area contributed by atoms with E-state index in [2.05, 4.69) is 20.9 Å². The molecule has 1 aromatic rings. The maximum atomic E-state index is 11.6. The van der Waals surface area contributed by atoms with Gasteiger partial charge in [0.1, 0.15) is 5.15 Å². The molecule has 1 saturated heterocycles. The van der Waals surface area contributed by atoms with Crippen LogP contribution in [0.2, 0.25) is 10.2 Å². The minimum absolute atomic E-state index is 0.0667. The molecule has 0 N–H and O–H groups in total. The molecule has 80 valence electrons. The molecule has 1 aliphatic heterocycles. The highest BCUT2D eigenvalue weighted by atomic mass is 79.9. The Balaban J connectivity index is 2.30. The quantitative estimate of drug-likeness (QED) is 0.590. The summed E-state index contributed by atoms with van der Waals surface area (Å²) in [4.78, 5) is 17.3. The molecule has 0 spiro atoms. The molecule has 0 radical (unpaired) electrons. The highest BCUT2D eigenvalue weighted by molar-refractivity contribution is 9.09. The van der Waals surface area contributed by atoms with Crippen molar-refractivity contribution in [1.82, 2.24) is 4.98 Å². The van der Waals surface area contributed by atoms with Crippen molar-refractivity contribution in [3.05, 3.63) is 22.4 Å². The van der Waals surface area contributed by atoms with Gasteiger partial charge in [-0.05, 0) is 6.07 Å². The van der Waals surface area contributed by atoms with Crippen LogP contribution in [0.3, 0.4) is 0 Å². The lowest BCUT2D eigenvalue weighted by atomic mass is 10.4. The standard InChI is InChI=1S/C9H7BrCl2N2O/c10-5-1-8(15)14(4-5)6-2-7(11)9(12)13-3-6/h2-3,5H,1,4H2. The Labute approximate surface area is 106 Å². The number of alkyl halides is 1. The van der Waals surface area contributed by atoms with Crippen molar-refractivity contribution in [1.29, 1.82) is 0 Å². The van der Waals surface area contributed by atoms with Crippen molar-refractivity contribution in [2.24, 2.45) is 0 Å². The third-order valence-electron chi connectivity index (χ3n) is 2.17. The Morgan fingerprint density at radius 3 is 2.80 bits per heavy atom. The molecule has 1 fully saturated rings. The van der Waals surface area contributed by atoms with Crippen molar-refractivity contribution in [3.63, 3.8) is 0 Å². The number of anilines is 1. The summed E-state index contributed by atoms with van der Waals surface area (Å²) in [5.41, 5.74) is 0.691. The number of carbonyl (C=O) groups excluding carboxylic acids is 1. The van der Waals surface area contributed by atoms with Crippen molar-refractivity contribution in [2.75, 3.05) is 11.4 Å². The molecule has 3 nitrogen and oxygen atoms in total. The maximum Gasteiger partial charge on any atom is 0.228 e. The van der Waals surface area contributed by atoms with Crippen molar-refractivity contribution < 1.29 is 4.79 Å². The van der Waals surface area contributed by atoms with E-state index in [1.807, 2.05) is 0 Å². The number of halogens is 3. The first-order chi connectivity index (χ1) is 7.08. The molecule has 1 amide bonds. The van der Waals surface area contributed by atoms with Crippen LogP contribution in [-0.4, -0.2) is 22.3 Å². The molecule has 0 bridgehead atoms. The highest BCUT2D eigenvalue weighted by Gasteiger charge is 2.29. The number of pyridine rings is 1. The van der Waals surface area contributed by atoms with E-state index in [1.54, 1.807) is 17.2 Å². The highest BCUT2D eigenvalue weighted by Crippen LogP contribution is 2.29. The number of hydrogen-bond donors (Lipinski definition) is 0. The third kappa shape index (κ3) is 2.27. The average Bonchev–Trinajstić information content (AvgIpc) is 2.50. The number of hydrogen-bond acceptors (Lipinski definition) is 2. The molecule has 0 aliphatic carbocycles. The van der Waals surface area contributed by atoms with Gasteiger partial charge in [0.2, 0.25) is 5.91 Å². The van der Waals surface area contributed by atoms with Crippen molar-refractivity contribution >= 4 is 50.7 Å². The van der Waals surface area contributed by atoms with Gasteiger partial charge in [-0.1, -0.05) is 39.1 Å². The molecule has 6 heteroatoms. The smallest absolute Gasteiger partial charge is 0.228 e. The summed E-state index contributed by atoms with van der Waals surface area (Å²) in [5, 5.41) is 0.613. The van der Waals surface area contributed by atoms with Gasteiger partial charge in [0.15, 0.2) is 0 Å². The second kappa shape index (κ2) is 4.28. The number of amides is 1. The summed E-state index contributed by atoms with van der Waals surface area (Å²) < 4.78 is 0. The normalized spacial score (nSPS) is 21.1. The first kappa shape index (κ1) is 11.2. The van der Waals surface area contributed by atoms with Gasteiger partial charge in [0, 0.05) is 17.8 Å². The molecule has 1 atom stereocenters. The van der Waals surface area contributed by atoms with Crippen LogP contribution >= 0.6 is 39.1 Å². The second-order valence-electron chi connectivity index (χ2n) is 3.27. The van der Waals surface area contributed by atoms with Crippen LogP contribution in [0, 0.1) is 0 Å². The maximum absolute atomic E-state index is 11.6. The van der Waals surface area contributed by atoms with Crippen LogP contribution < -0.4 is 4.90 Å². The molecule has 2 heterocycles. The summed E-state index contributed by atoms with van der Waals surface area (Å²) in [7, 11) is 0. The van der Waals surface area contributed by atoms with Gasteiger partial charge in [-0.2, -0.15) is 0 Å². The van der Waals surface area contributed by atoms with Gasteiger partial charge in [-0.3, -0.25) is 4.79 Å². The third-order valence-corrected chi connectivity index (χ3v) is 3.47. The van der Waals surface area contributed by atoms with Crippen molar-refractivity contribution in [2.45, 2.75) is 11.2 Å². The molecule has 1 unspecified atom stereocenters. The van der Waals surface area contributed by atoms with E-state index >= 15 is 0 Å². The summed E-state index contributed by atoms with van der Waals surface area (Å²) in [5.74, 6) is 0.0667. The Kier molecular flexibility index (Phi) is 3.19. The van der Waals surface area contributed by atoms with E-state index < -0.39 is 0 Å². The SMILES string of the molecule is O=C1CC(Br)CN1c1cnc(Cl)c(Cl)c1. The van der Waals surface area contributed by atoms with E-state index in [0.29, 0.717) is 23.7 Å². The number of carbonyl (C=O) groups is 1. The lowest BCUT2D eigenvalue weighted by Gasteiger charge is -2.15. The average molecular weight is 310 g/mol. The molecule has 0 aromatic carbocycles. The second-order valence-corrected chi connectivity index (χ2v) is 5.33. The van der Waals surface area contributed by atoms with Crippen LogP contribution in [0.4, 0.5) is 5.69 Å². The largest absolute Gasteiger partial charge is 0.310 e. The zero-order chi connectivity index (χ0) is 11.0. The Morgan fingerprint density at radius 2 is 2.27 bits per heavy atom. The lowest BCUT2D eigenvalue weighted by Crippen LogP contribution is -2.24. The van der Waals surface area contributed by atoms with Crippen molar-refractivity contribution in [3.8, 4) is 0 Å². The minimum atomic E-state index is 0.0667. The molecule has 1 aliphatic rings. The van der Waals surface area contributed by atoms with Gasteiger partial charge in [0.25, 0.3) is 0 Å². The van der Waals surface area contributed by atoms with Crippen LogP contribution in [-0.2, 0) is 4.79 Å². The van der Waals surface area contributed by atoms with E-state index in [0.717, 1.165) is 0 Å². The Morgan fingerprint density at radius 1 is 1.53 bits per heavy atom. The fourth-order valence-corrected chi connectivity index (χ4v) is 2.30. The van der Waals surface area contributed by atoms with E-state index in [9.17, 15) is 4.79 Å². The van der Waals surface area contributed by atoms with Gasteiger partial charge >= 0.3 is 0 Å². The van der Waals surface area contributed by atoms with Crippen LogP contribution in [0.1, 0.15) is 6.42 Å². The minimum Gasteiger partial charge on any atom is -0.310 e. The van der Waals surface area contributed by atoms with Crippen LogP contribution in [0.5, 0.6) is 0 Å². The zero-order valence-electron chi connectivity index (χ0n) is 7.58. The van der Waals surface area contributed by atoms with Gasteiger partial charge in [0.05, 0.1) is 16.9 Å². The first-order valence-corrected chi connectivity index (χ1v) is 6.00. The topological polar surface area (TPSA) is 33.2 Å². The van der Waals surface area contributed by atoms with Gasteiger partial charge in [-0.15, -0.1) is 0 Å². The number of aromatic nitrogens is 1. The molecular formula is C9H7BrCl2N2O. The van der Waals surface area contributed by atoms with Crippen LogP contribution in [0.25, 0.3) is 0 Å².